The van der Waals surface area contributed by atoms with Gasteiger partial charge in [0.1, 0.15) is 18.1 Å². The fraction of sp³-hybridized carbons (Fsp3) is 0.250. The number of ether oxygens (including phenoxy) is 1. The van der Waals surface area contributed by atoms with E-state index < -0.39 is 10.0 Å². The predicted molar refractivity (Wildman–Crippen MR) is 77.0 cm³/mol. The molecular weight excluding hydrogens is 280 g/mol. The zero-order valence-corrected chi connectivity index (χ0v) is 11.8. The van der Waals surface area contributed by atoms with Crippen molar-refractivity contribution < 1.29 is 13.2 Å². The molecule has 20 heavy (non-hydrogen) atoms. The van der Waals surface area contributed by atoms with E-state index in [0.717, 1.165) is 0 Å². The molecule has 1 aromatic carbocycles. The molecule has 0 amide bonds. The predicted octanol–water partition coefficient (Wildman–Crippen LogP) is 0.823. The van der Waals surface area contributed by atoms with Crippen molar-refractivity contribution in [3.05, 3.63) is 36.7 Å². The Morgan fingerprint density at radius 2 is 2.25 bits per heavy atom. The van der Waals surface area contributed by atoms with Gasteiger partial charge in [-0.15, -0.1) is 0 Å². The quantitative estimate of drug-likeness (QED) is 0.769. The van der Waals surface area contributed by atoms with Gasteiger partial charge in [0.15, 0.2) is 0 Å². The number of hydrogen-bond acceptors (Lipinski definition) is 5. The van der Waals surface area contributed by atoms with E-state index in [9.17, 15) is 8.42 Å². The molecule has 0 radical (unpaired) electrons. The minimum atomic E-state index is -3.46. The van der Waals surface area contributed by atoms with Gasteiger partial charge in [0.05, 0.1) is 11.9 Å². The van der Waals surface area contributed by atoms with E-state index in [1.54, 1.807) is 37.5 Å². The summed E-state index contributed by atoms with van der Waals surface area (Å²) in [5.74, 6) is 0.387. The SMILES string of the molecule is Cn1cc(NS(=O)(=O)CCOc2cccc(N)c2)cn1. The summed E-state index contributed by atoms with van der Waals surface area (Å²) in [5, 5.41) is 3.88. The molecule has 0 aliphatic heterocycles. The van der Waals surface area contributed by atoms with Gasteiger partial charge in [-0.1, -0.05) is 6.07 Å². The van der Waals surface area contributed by atoms with Crippen molar-refractivity contribution in [1.82, 2.24) is 9.78 Å². The van der Waals surface area contributed by atoms with Crippen molar-refractivity contribution in [3.8, 4) is 5.75 Å². The van der Waals surface area contributed by atoms with E-state index in [4.69, 9.17) is 10.5 Å². The number of anilines is 2. The number of aryl methyl sites for hydroxylation is 1. The molecule has 1 aromatic heterocycles. The summed E-state index contributed by atoms with van der Waals surface area (Å²) < 4.78 is 32.9. The number of nitrogen functional groups attached to an aromatic ring is 1. The molecular formula is C12H16N4O3S. The smallest absolute Gasteiger partial charge is 0.236 e. The molecule has 0 saturated carbocycles. The molecule has 0 unspecified atom stereocenters. The highest BCUT2D eigenvalue weighted by Crippen LogP contribution is 2.14. The van der Waals surface area contributed by atoms with Crippen LogP contribution in [0, 0.1) is 0 Å². The Balaban J connectivity index is 1.86. The molecule has 2 rings (SSSR count). The number of nitrogens with one attached hydrogen (secondary N) is 1. The first-order chi connectivity index (χ1) is 9.44. The summed E-state index contributed by atoms with van der Waals surface area (Å²) in [5.41, 5.74) is 6.60. The maximum Gasteiger partial charge on any atom is 0.236 e. The molecule has 108 valence electrons. The minimum Gasteiger partial charge on any atom is -0.492 e. The highest BCUT2D eigenvalue weighted by molar-refractivity contribution is 7.92. The number of rotatable bonds is 6. The van der Waals surface area contributed by atoms with Crippen LogP contribution in [-0.4, -0.2) is 30.6 Å². The molecule has 3 N–H and O–H groups in total. The lowest BCUT2D eigenvalue weighted by molar-refractivity contribution is 0.341. The second-order valence-corrected chi connectivity index (χ2v) is 6.09. The maximum absolute atomic E-state index is 11.8. The van der Waals surface area contributed by atoms with Gasteiger partial charge >= 0.3 is 0 Å². The van der Waals surface area contributed by atoms with Gasteiger partial charge in [-0.25, -0.2) is 8.42 Å². The van der Waals surface area contributed by atoms with Gasteiger partial charge in [0, 0.05) is 25.0 Å². The number of hydrogen-bond donors (Lipinski definition) is 2. The summed E-state index contributed by atoms with van der Waals surface area (Å²) in [7, 11) is -1.75. The van der Waals surface area contributed by atoms with Crippen molar-refractivity contribution in [2.45, 2.75) is 0 Å². The van der Waals surface area contributed by atoms with Gasteiger partial charge in [-0.2, -0.15) is 5.10 Å². The summed E-state index contributed by atoms with van der Waals surface area (Å²) in [6.45, 7) is 0.0407. The molecule has 0 bridgehead atoms. The number of aromatic nitrogens is 2. The lowest BCUT2D eigenvalue weighted by Gasteiger charge is -2.08. The van der Waals surface area contributed by atoms with Crippen molar-refractivity contribution >= 4 is 21.4 Å². The summed E-state index contributed by atoms with van der Waals surface area (Å²) >= 11 is 0. The highest BCUT2D eigenvalue weighted by atomic mass is 32.2. The van der Waals surface area contributed by atoms with Gasteiger partial charge in [0.2, 0.25) is 10.0 Å². The van der Waals surface area contributed by atoms with E-state index in [1.807, 2.05) is 0 Å². The van der Waals surface area contributed by atoms with E-state index >= 15 is 0 Å². The number of nitrogens with two attached hydrogens (primary N) is 1. The summed E-state index contributed by atoms with van der Waals surface area (Å²) in [6, 6.07) is 6.83. The van der Waals surface area contributed by atoms with Crippen LogP contribution in [0.2, 0.25) is 0 Å². The fourth-order valence-electron chi connectivity index (χ4n) is 1.58. The van der Waals surface area contributed by atoms with Gasteiger partial charge in [-0.3, -0.25) is 9.40 Å². The van der Waals surface area contributed by atoms with Crippen LogP contribution in [-0.2, 0) is 17.1 Å². The van der Waals surface area contributed by atoms with Gasteiger partial charge < -0.3 is 10.5 Å². The lowest BCUT2D eigenvalue weighted by Crippen LogP contribution is -2.21. The third kappa shape index (κ3) is 4.16. The zero-order chi connectivity index (χ0) is 14.6. The second-order valence-electron chi connectivity index (χ2n) is 4.24. The van der Waals surface area contributed by atoms with Gasteiger partial charge in [0.25, 0.3) is 0 Å². The molecule has 0 aliphatic carbocycles. The van der Waals surface area contributed by atoms with Crippen LogP contribution >= 0.6 is 0 Å². The van der Waals surface area contributed by atoms with Crippen molar-refractivity contribution in [2.24, 2.45) is 7.05 Å². The molecule has 0 saturated heterocycles. The van der Waals surface area contributed by atoms with Crippen LogP contribution in [0.5, 0.6) is 5.75 Å². The average molecular weight is 296 g/mol. The molecule has 0 aliphatic rings. The Kier molecular flexibility index (Phi) is 4.14. The summed E-state index contributed by atoms with van der Waals surface area (Å²) in [4.78, 5) is 0. The van der Waals surface area contributed by atoms with E-state index in [1.165, 1.54) is 10.9 Å². The third-order valence-corrected chi connectivity index (χ3v) is 3.71. The molecule has 0 atom stereocenters. The fourth-order valence-corrected chi connectivity index (χ4v) is 2.45. The lowest BCUT2D eigenvalue weighted by atomic mass is 10.3. The summed E-state index contributed by atoms with van der Waals surface area (Å²) in [6.07, 6.45) is 3.02. The van der Waals surface area contributed by atoms with Crippen LogP contribution in [0.1, 0.15) is 0 Å². The van der Waals surface area contributed by atoms with Crippen LogP contribution in [0.3, 0.4) is 0 Å². The standard InChI is InChI=1S/C12H16N4O3S/c1-16-9-11(8-14-16)15-20(17,18)6-5-19-12-4-2-3-10(13)7-12/h2-4,7-9,15H,5-6,13H2,1H3. The second kappa shape index (κ2) is 5.83. The minimum absolute atomic E-state index is 0.0407. The Morgan fingerprint density at radius 1 is 1.45 bits per heavy atom. The first-order valence-corrected chi connectivity index (χ1v) is 7.57. The highest BCUT2D eigenvalue weighted by Gasteiger charge is 2.11. The van der Waals surface area contributed by atoms with Crippen LogP contribution in [0.25, 0.3) is 0 Å². The van der Waals surface area contributed by atoms with E-state index in [2.05, 4.69) is 9.82 Å². The van der Waals surface area contributed by atoms with E-state index in [0.29, 0.717) is 17.1 Å². The molecule has 2 aromatic rings. The monoisotopic (exact) mass is 296 g/mol. The first-order valence-electron chi connectivity index (χ1n) is 5.92. The van der Waals surface area contributed by atoms with Crippen LogP contribution < -0.4 is 15.2 Å². The third-order valence-electron chi connectivity index (χ3n) is 2.46. The van der Waals surface area contributed by atoms with Crippen molar-refractivity contribution in [1.29, 1.82) is 0 Å². The topological polar surface area (TPSA) is 99.2 Å². The molecule has 0 spiro atoms. The van der Waals surface area contributed by atoms with Crippen molar-refractivity contribution in [2.75, 3.05) is 22.8 Å². The normalized spacial score (nSPS) is 11.2. The maximum atomic E-state index is 11.8. The Morgan fingerprint density at radius 3 is 2.90 bits per heavy atom. The Hall–Kier alpha value is -2.22. The van der Waals surface area contributed by atoms with Crippen LogP contribution in [0.4, 0.5) is 11.4 Å². The van der Waals surface area contributed by atoms with Crippen molar-refractivity contribution in [3.63, 3.8) is 0 Å². The first kappa shape index (κ1) is 14.2. The molecule has 7 nitrogen and oxygen atoms in total. The molecule has 1 heterocycles. The van der Waals surface area contributed by atoms with Gasteiger partial charge in [-0.05, 0) is 12.1 Å². The Labute approximate surface area is 117 Å². The molecule has 0 fully saturated rings. The van der Waals surface area contributed by atoms with Crippen LogP contribution in [0.15, 0.2) is 36.7 Å². The van der Waals surface area contributed by atoms with E-state index in [-0.39, 0.29) is 12.4 Å². The number of sulfonamides is 1. The number of benzene rings is 1. The Bertz CT molecular complexity index is 682. The zero-order valence-electron chi connectivity index (χ0n) is 11.0. The molecule has 8 heteroatoms. The number of nitrogens with zero attached hydrogens (tertiary/aromatic N) is 2. The average Bonchev–Trinajstić information content (AvgIpc) is 2.73. The largest absolute Gasteiger partial charge is 0.492 e.